The molecule has 76 valence electrons. The van der Waals surface area contributed by atoms with Crippen LogP contribution in [0.3, 0.4) is 0 Å². The lowest BCUT2D eigenvalue weighted by molar-refractivity contribution is -0.223. The Balaban J connectivity index is 2.12. The van der Waals surface area contributed by atoms with Crippen LogP contribution in [0, 0.1) is 0 Å². The minimum absolute atomic E-state index is 0.169. The molecular formula is C8H14O5. The highest BCUT2D eigenvalue weighted by molar-refractivity contribution is 4.94. The minimum atomic E-state index is -0.996. The third-order valence-corrected chi connectivity index (χ3v) is 2.31. The highest BCUT2D eigenvalue weighted by Gasteiger charge is 2.54. The van der Waals surface area contributed by atoms with Gasteiger partial charge in [0.05, 0.1) is 6.61 Å². The highest BCUT2D eigenvalue weighted by atomic mass is 16.8. The van der Waals surface area contributed by atoms with E-state index >= 15 is 0 Å². The smallest absolute Gasteiger partial charge is 0.184 e. The molecule has 0 bridgehead atoms. The van der Waals surface area contributed by atoms with Gasteiger partial charge in [-0.1, -0.05) is 0 Å². The van der Waals surface area contributed by atoms with Crippen LogP contribution in [-0.2, 0) is 14.2 Å². The SMILES string of the molecule is CC1(C)OC2[C@@H](CO)O[C@@H](O)[C@H]2O1. The van der Waals surface area contributed by atoms with Crippen molar-refractivity contribution in [3.05, 3.63) is 0 Å². The van der Waals surface area contributed by atoms with Crippen LogP contribution in [0.5, 0.6) is 0 Å². The quantitative estimate of drug-likeness (QED) is 0.567. The van der Waals surface area contributed by atoms with Crippen LogP contribution in [0.2, 0.25) is 0 Å². The lowest BCUT2D eigenvalue weighted by Gasteiger charge is -2.21. The summed E-state index contributed by atoms with van der Waals surface area (Å²) in [5.41, 5.74) is 0. The number of hydrogen-bond acceptors (Lipinski definition) is 5. The van der Waals surface area contributed by atoms with Crippen molar-refractivity contribution in [2.75, 3.05) is 6.61 Å². The Labute approximate surface area is 76.2 Å². The van der Waals surface area contributed by atoms with Crippen LogP contribution in [0.4, 0.5) is 0 Å². The molecule has 4 atom stereocenters. The Morgan fingerprint density at radius 1 is 1.23 bits per heavy atom. The van der Waals surface area contributed by atoms with Crippen molar-refractivity contribution in [2.24, 2.45) is 0 Å². The van der Waals surface area contributed by atoms with Gasteiger partial charge < -0.3 is 24.4 Å². The number of rotatable bonds is 1. The molecule has 2 aliphatic rings. The van der Waals surface area contributed by atoms with Gasteiger partial charge in [0, 0.05) is 0 Å². The second kappa shape index (κ2) is 2.90. The Bertz CT molecular complexity index is 205. The standard InChI is InChI=1S/C8H14O5/c1-8(2)12-5-4(3-9)11-7(10)6(5)13-8/h4-7,9-10H,3H2,1-2H3/t4-,5?,6+,7-/m1/s1. The monoisotopic (exact) mass is 190 g/mol. The fourth-order valence-corrected chi connectivity index (χ4v) is 1.81. The average molecular weight is 190 g/mol. The van der Waals surface area contributed by atoms with Crippen molar-refractivity contribution in [2.45, 2.75) is 44.2 Å². The summed E-state index contributed by atoms with van der Waals surface area (Å²) in [5, 5.41) is 18.3. The van der Waals surface area contributed by atoms with Crippen LogP contribution < -0.4 is 0 Å². The van der Waals surface area contributed by atoms with E-state index < -0.39 is 24.3 Å². The van der Waals surface area contributed by atoms with E-state index in [2.05, 4.69) is 0 Å². The summed E-state index contributed by atoms with van der Waals surface area (Å²) >= 11 is 0. The van der Waals surface area contributed by atoms with E-state index in [1.165, 1.54) is 0 Å². The molecule has 0 aromatic heterocycles. The molecule has 0 aromatic carbocycles. The first kappa shape index (κ1) is 9.36. The summed E-state index contributed by atoms with van der Waals surface area (Å²) in [6.07, 6.45) is -2.33. The van der Waals surface area contributed by atoms with E-state index in [1.807, 2.05) is 0 Å². The van der Waals surface area contributed by atoms with Crippen molar-refractivity contribution < 1.29 is 24.4 Å². The van der Waals surface area contributed by atoms with Crippen LogP contribution >= 0.6 is 0 Å². The molecule has 2 fully saturated rings. The third-order valence-electron chi connectivity index (χ3n) is 2.31. The molecule has 0 aliphatic carbocycles. The first-order valence-electron chi connectivity index (χ1n) is 4.33. The maximum absolute atomic E-state index is 9.39. The second-order valence-electron chi connectivity index (χ2n) is 3.81. The van der Waals surface area contributed by atoms with Gasteiger partial charge in [0.2, 0.25) is 0 Å². The molecule has 2 aliphatic heterocycles. The first-order chi connectivity index (χ1) is 6.03. The number of aliphatic hydroxyl groups is 2. The summed E-state index contributed by atoms with van der Waals surface area (Å²) < 4.78 is 15.9. The van der Waals surface area contributed by atoms with Crippen molar-refractivity contribution in [3.8, 4) is 0 Å². The van der Waals surface area contributed by atoms with Crippen molar-refractivity contribution in [3.63, 3.8) is 0 Å². The van der Waals surface area contributed by atoms with E-state index in [-0.39, 0.29) is 12.7 Å². The predicted octanol–water partition coefficient (Wildman–Crippen LogP) is -0.784. The molecule has 2 saturated heterocycles. The molecule has 0 spiro atoms. The largest absolute Gasteiger partial charge is 0.394 e. The first-order valence-corrected chi connectivity index (χ1v) is 4.33. The zero-order valence-corrected chi connectivity index (χ0v) is 7.64. The van der Waals surface area contributed by atoms with Crippen LogP contribution in [0.25, 0.3) is 0 Å². The molecule has 13 heavy (non-hydrogen) atoms. The van der Waals surface area contributed by atoms with E-state index in [0.717, 1.165) is 0 Å². The summed E-state index contributed by atoms with van der Waals surface area (Å²) in [5.74, 6) is -0.701. The van der Waals surface area contributed by atoms with E-state index in [9.17, 15) is 5.11 Å². The molecule has 5 heteroatoms. The van der Waals surface area contributed by atoms with Crippen LogP contribution in [-0.4, -0.2) is 47.2 Å². The fraction of sp³-hybridized carbons (Fsp3) is 1.00. The van der Waals surface area contributed by atoms with Gasteiger partial charge in [-0.3, -0.25) is 0 Å². The molecule has 2 rings (SSSR count). The fourth-order valence-electron chi connectivity index (χ4n) is 1.81. The number of hydrogen-bond donors (Lipinski definition) is 2. The summed E-state index contributed by atoms with van der Waals surface area (Å²) in [6.45, 7) is 3.37. The topological polar surface area (TPSA) is 68.2 Å². The molecule has 0 radical (unpaired) electrons. The molecule has 2 heterocycles. The molecule has 2 N–H and O–H groups in total. The molecule has 0 amide bonds. The lowest BCUT2D eigenvalue weighted by Crippen LogP contribution is -2.31. The van der Waals surface area contributed by atoms with Gasteiger partial charge in [-0.2, -0.15) is 0 Å². The van der Waals surface area contributed by atoms with Gasteiger partial charge in [-0.15, -0.1) is 0 Å². The lowest BCUT2D eigenvalue weighted by atomic mass is 10.1. The molecular weight excluding hydrogens is 176 g/mol. The number of ether oxygens (including phenoxy) is 3. The highest BCUT2D eigenvalue weighted by Crippen LogP contribution is 2.37. The number of fused-ring (bicyclic) bond motifs is 1. The van der Waals surface area contributed by atoms with Crippen molar-refractivity contribution in [1.29, 1.82) is 0 Å². The number of aliphatic hydroxyl groups excluding tert-OH is 2. The maximum atomic E-state index is 9.39. The van der Waals surface area contributed by atoms with Crippen LogP contribution in [0.1, 0.15) is 13.8 Å². The minimum Gasteiger partial charge on any atom is -0.394 e. The third kappa shape index (κ3) is 1.47. The van der Waals surface area contributed by atoms with E-state index in [4.69, 9.17) is 19.3 Å². The van der Waals surface area contributed by atoms with Gasteiger partial charge in [0.1, 0.15) is 18.3 Å². The summed E-state index contributed by atoms with van der Waals surface area (Å²) in [7, 11) is 0. The van der Waals surface area contributed by atoms with Gasteiger partial charge >= 0.3 is 0 Å². The normalized spacial score (nSPS) is 48.0. The average Bonchev–Trinajstić information content (AvgIpc) is 2.47. The summed E-state index contributed by atoms with van der Waals surface area (Å²) in [6, 6.07) is 0. The van der Waals surface area contributed by atoms with Crippen molar-refractivity contribution in [1.82, 2.24) is 0 Å². The van der Waals surface area contributed by atoms with Gasteiger partial charge in [0.25, 0.3) is 0 Å². The Morgan fingerprint density at radius 2 is 1.85 bits per heavy atom. The van der Waals surface area contributed by atoms with E-state index in [0.29, 0.717) is 0 Å². The summed E-state index contributed by atoms with van der Waals surface area (Å²) in [4.78, 5) is 0. The zero-order valence-electron chi connectivity index (χ0n) is 7.64. The zero-order chi connectivity index (χ0) is 9.64. The molecule has 0 saturated carbocycles. The Morgan fingerprint density at radius 3 is 2.46 bits per heavy atom. The van der Waals surface area contributed by atoms with Gasteiger partial charge in [-0.05, 0) is 13.8 Å². The Hall–Kier alpha value is -0.200. The van der Waals surface area contributed by atoms with Gasteiger partial charge in [-0.25, -0.2) is 0 Å². The molecule has 1 unspecified atom stereocenters. The second-order valence-corrected chi connectivity index (χ2v) is 3.81. The molecule has 5 nitrogen and oxygen atoms in total. The van der Waals surface area contributed by atoms with Crippen molar-refractivity contribution >= 4 is 0 Å². The van der Waals surface area contributed by atoms with E-state index in [1.54, 1.807) is 13.8 Å². The Kier molecular flexibility index (Phi) is 2.08. The predicted molar refractivity (Wildman–Crippen MR) is 41.8 cm³/mol. The van der Waals surface area contributed by atoms with Crippen LogP contribution in [0.15, 0.2) is 0 Å². The van der Waals surface area contributed by atoms with Gasteiger partial charge in [0.15, 0.2) is 12.1 Å². The maximum Gasteiger partial charge on any atom is 0.184 e. The molecule has 0 aromatic rings.